The number of piperidine rings is 1. The number of nitriles is 1. The van der Waals surface area contributed by atoms with Crippen molar-refractivity contribution in [1.29, 1.82) is 5.26 Å². The Balaban J connectivity index is 1.71. The minimum absolute atomic E-state index is 0.0824. The maximum atomic E-state index is 11.3. The Hall–Kier alpha value is -1.90. The smallest absolute Gasteiger partial charge is 0.233 e. The lowest BCUT2D eigenvalue weighted by Gasteiger charge is -2.31. The fraction of sp³-hybridized carbons (Fsp3) is 0.500. The maximum absolute atomic E-state index is 11.3. The molecule has 0 saturated carbocycles. The van der Waals surface area contributed by atoms with Gasteiger partial charge in [-0.25, -0.2) is 0 Å². The number of hydrogen-bond acceptors (Lipinski definition) is 4. The number of likely N-dealkylation sites (tertiary alicyclic amines) is 1. The van der Waals surface area contributed by atoms with Gasteiger partial charge in [-0.3, -0.25) is 9.69 Å². The van der Waals surface area contributed by atoms with Gasteiger partial charge in [-0.15, -0.1) is 0 Å². The molecule has 21 heavy (non-hydrogen) atoms. The van der Waals surface area contributed by atoms with Gasteiger partial charge in [0.05, 0.1) is 18.2 Å². The first-order valence-corrected chi connectivity index (χ1v) is 7.36. The van der Waals surface area contributed by atoms with Gasteiger partial charge in [-0.1, -0.05) is 12.1 Å². The monoisotopic (exact) mass is 286 g/mol. The van der Waals surface area contributed by atoms with Crippen LogP contribution in [0.2, 0.25) is 0 Å². The van der Waals surface area contributed by atoms with E-state index in [4.69, 9.17) is 5.26 Å². The highest BCUT2D eigenvalue weighted by Gasteiger charge is 2.19. The van der Waals surface area contributed by atoms with Gasteiger partial charge >= 0.3 is 0 Å². The van der Waals surface area contributed by atoms with Crippen LogP contribution >= 0.6 is 0 Å². The van der Waals surface area contributed by atoms with E-state index >= 15 is 0 Å². The van der Waals surface area contributed by atoms with Crippen LogP contribution in [0.25, 0.3) is 0 Å². The molecule has 0 unspecified atom stereocenters. The summed E-state index contributed by atoms with van der Waals surface area (Å²) in [4.78, 5) is 13.5. The fourth-order valence-corrected chi connectivity index (χ4v) is 2.54. The molecule has 1 aromatic rings. The molecular formula is C16H22N4O. The summed E-state index contributed by atoms with van der Waals surface area (Å²) in [5.41, 5.74) is 1.89. The first kappa shape index (κ1) is 15.5. The molecule has 1 amide bonds. The predicted molar refractivity (Wildman–Crippen MR) is 81.5 cm³/mol. The van der Waals surface area contributed by atoms with Crippen LogP contribution in [0.3, 0.4) is 0 Å². The second kappa shape index (κ2) is 7.77. The lowest BCUT2D eigenvalue weighted by atomic mass is 10.0. The third-order valence-electron chi connectivity index (χ3n) is 3.91. The molecule has 1 aliphatic heterocycles. The summed E-state index contributed by atoms with van der Waals surface area (Å²) in [6.07, 6.45) is 2.13. The summed E-state index contributed by atoms with van der Waals surface area (Å²) < 4.78 is 0. The molecule has 1 saturated heterocycles. The maximum Gasteiger partial charge on any atom is 0.233 e. The summed E-state index contributed by atoms with van der Waals surface area (Å²) >= 11 is 0. The molecule has 0 atom stereocenters. The van der Waals surface area contributed by atoms with Crippen LogP contribution in [-0.4, -0.2) is 43.5 Å². The van der Waals surface area contributed by atoms with Crippen molar-refractivity contribution in [3.8, 4) is 6.07 Å². The third kappa shape index (κ3) is 4.85. The molecule has 0 aromatic heterocycles. The average Bonchev–Trinajstić information content (AvgIpc) is 2.54. The zero-order valence-corrected chi connectivity index (χ0v) is 12.4. The second-order valence-corrected chi connectivity index (χ2v) is 5.41. The molecule has 2 rings (SSSR count). The van der Waals surface area contributed by atoms with Gasteiger partial charge < -0.3 is 10.6 Å². The Morgan fingerprint density at radius 3 is 2.57 bits per heavy atom. The van der Waals surface area contributed by atoms with Gasteiger partial charge in [0.2, 0.25) is 5.91 Å². The van der Waals surface area contributed by atoms with E-state index in [1.54, 1.807) is 7.05 Å². The van der Waals surface area contributed by atoms with Crippen LogP contribution in [-0.2, 0) is 11.3 Å². The van der Waals surface area contributed by atoms with Crippen LogP contribution in [0.1, 0.15) is 24.0 Å². The lowest BCUT2D eigenvalue weighted by molar-refractivity contribution is -0.122. The van der Waals surface area contributed by atoms with E-state index in [1.165, 1.54) is 5.56 Å². The van der Waals surface area contributed by atoms with Crippen molar-refractivity contribution in [3.63, 3.8) is 0 Å². The number of likely N-dealkylation sites (N-methyl/N-ethyl adjacent to an activating group) is 1. The van der Waals surface area contributed by atoms with Crippen LogP contribution < -0.4 is 10.6 Å². The zero-order valence-electron chi connectivity index (χ0n) is 12.4. The lowest BCUT2D eigenvalue weighted by Crippen LogP contribution is -2.45. The Morgan fingerprint density at radius 2 is 2.00 bits per heavy atom. The zero-order chi connectivity index (χ0) is 15.1. The predicted octanol–water partition coefficient (Wildman–Crippen LogP) is 0.858. The first-order chi connectivity index (χ1) is 10.2. The van der Waals surface area contributed by atoms with E-state index < -0.39 is 0 Å². The summed E-state index contributed by atoms with van der Waals surface area (Å²) in [5.74, 6) is 0.0824. The van der Waals surface area contributed by atoms with E-state index in [2.05, 4.69) is 21.6 Å². The molecule has 5 nitrogen and oxygen atoms in total. The number of nitrogens with one attached hydrogen (secondary N) is 2. The van der Waals surface area contributed by atoms with Crippen molar-refractivity contribution >= 4 is 5.91 Å². The molecule has 1 aromatic carbocycles. The van der Waals surface area contributed by atoms with Crippen LogP contribution in [0.5, 0.6) is 0 Å². The van der Waals surface area contributed by atoms with Crippen molar-refractivity contribution in [2.24, 2.45) is 0 Å². The number of benzene rings is 1. The second-order valence-electron chi connectivity index (χ2n) is 5.41. The van der Waals surface area contributed by atoms with Gasteiger partial charge in [0.25, 0.3) is 0 Å². The van der Waals surface area contributed by atoms with Crippen molar-refractivity contribution in [3.05, 3.63) is 35.4 Å². The Morgan fingerprint density at radius 1 is 1.33 bits per heavy atom. The first-order valence-electron chi connectivity index (χ1n) is 7.36. The van der Waals surface area contributed by atoms with E-state index in [1.807, 2.05) is 24.3 Å². The van der Waals surface area contributed by atoms with Crippen molar-refractivity contribution in [1.82, 2.24) is 15.5 Å². The van der Waals surface area contributed by atoms with Gasteiger partial charge in [0.15, 0.2) is 0 Å². The number of hydrogen-bond donors (Lipinski definition) is 2. The topological polar surface area (TPSA) is 68.2 Å². The Labute approximate surface area is 125 Å². The number of nitrogens with zero attached hydrogens (tertiary/aromatic N) is 2. The summed E-state index contributed by atoms with van der Waals surface area (Å²) in [5, 5.41) is 15.0. The van der Waals surface area contributed by atoms with E-state index in [0.717, 1.165) is 32.5 Å². The highest BCUT2D eigenvalue weighted by molar-refractivity contribution is 5.77. The average molecular weight is 286 g/mol. The van der Waals surface area contributed by atoms with E-state index in [9.17, 15) is 4.79 Å². The Kier molecular flexibility index (Phi) is 5.73. The molecule has 1 heterocycles. The van der Waals surface area contributed by atoms with Gasteiger partial charge in [-0.2, -0.15) is 5.26 Å². The minimum atomic E-state index is 0.0824. The van der Waals surface area contributed by atoms with Crippen molar-refractivity contribution < 1.29 is 4.79 Å². The highest BCUT2D eigenvalue weighted by Crippen LogP contribution is 2.11. The third-order valence-corrected chi connectivity index (χ3v) is 3.91. The summed E-state index contributed by atoms with van der Waals surface area (Å²) in [7, 11) is 1.67. The van der Waals surface area contributed by atoms with Crippen molar-refractivity contribution in [2.45, 2.75) is 25.4 Å². The number of rotatable bonds is 5. The van der Waals surface area contributed by atoms with Crippen molar-refractivity contribution in [2.75, 3.05) is 26.7 Å². The molecule has 0 aliphatic carbocycles. The number of amides is 1. The van der Waals surface area contributed by atoms with Crippen LogP contribution in [0.15, 0.2) is 24.3 Å². The SMILES string of the molecule is CNC(=O)CN1CCC(NCc2ccc(C#N)cc2)CC1. The van der Waals surface area contributed by atoms with Gasteiger partial charge in [-0.05, 0) is 30.5 Å². The number of carbonyl (C=O) groups is 1. The number of carbonyl (C=O) groups excluding carboxylic acids is 1. The fourth-order valence-electron chi connectivity index (χ4n) is 2.54. The molecule has 0 spiro atoms. The van der Waals surface area contributed by atoms with E-state index in [-0.39, 0.29) is 5.91 Å². The van der Waals surface area contributed by atoms with Crippen LogP contribution in [0, 0.1) is 11.3 Å². The molecule has 112 valence electrons. The Bertz CT molecular complexity index is 498. The molecule has 0 bridgehead atoms. The molecular weight excluding hydrogens is 264 g/mol. The molecule has 0 radical (unpaired) electrons. The summed E-state index contributed by atoms with van der Waals surface area (Å²) in [6, 6.07) is 10.3. The molecule has 1 aliphatic rings. The molecule has 5 heteroatoms. The quantitative estimate of drug-likeness (QED) is 0.842. The molecule has 2 N–H and O–H groups in total. The van der Waals surface area contributed by atoms with Crippen LogP contribution in [0.4, 0.5) is 0 Å². The molecule has 1 fully saturated rings. The largest absolute Gasteiger partial charge is 0.358 e. The standard InChI is InChI=1S/C16H22N4O/c1-18-16(21)12-20-8-6-15(7-9-20)19-11-14-4-2-13(10-17)3-5-14/h2-5,15,19H,6-9,11-12H2,1H3,(H,18,21). The summed E-state index contributed by atoms with van der Waals surface area (Å²) in [6.45, 7) is 3.24. The highest BCUT2D eigenvalue weighted by atomic mass is 16.1. The van der Waals surface area contributed by atoms with E-state index in [0.29, 0.717) is 18.2 Å². The van der Waals surface area contributed by atoms with Gasteiger partial charge in [0, 0.05) is 32.7 Å². The van der Waals surface area contributed by atoms with Gasteiger partial charge in [0.1, 0.15) is 0 Å². The normalized spacial score (nSPS) is 16.4. The minimum Gasteiger partial charge on any atom is -0.358 e.